The quantitative estimate of drug-likeness (QED) is 0.586. The van der Waals surface area contributed by atoms with E-state index in [0.29, 0.717) is 14.0 Å². The zero-order valence-electron chi connectivity index (χ0n) is 5.97. The van der Waals surface area contributed by atoms with Gasteiger partial charge >= 0.3 is 0 Å². The van der Waals surface area contributed by atoms with Gasteiger partial charge in [-0.05, 0) is 40.8 Å². The second-order valence-corrected chi connectivity index (χ2v) is 5.31. The smallest absolute Gasteiger partial charge is 0.155 e. The van der Waals surface area contributed by atoms with E-state index in [-0.39, 0.29) is 5.82 Å². The number of benzene rings is 1. The number of hydrogen-bond donors (Lipinski definition) is 1. The Kier molecular flexibility index (Phi) is 1.96. The summed E-state index contributed by atoms with van der Waals surface area (Å²) >= 11 is 3.44. The van der Waals surface area contributed by atoms with Gasteiger partial charge in [-0.2, -0.15) is 0 Å². The van der Waals surface area contributed by atoms with Gasteiger partial charge in [0.05, 0.1) is 0 Å². The van der Waals surface area contributed by atoms with Crippen molar-refractivity contribution in [2.75, 3.05) is 5.73 Å². The molecule has 2 aromatic rings. The van der Waals surface area contributed by atoms with Crippen LogP contribution in [-0.2, 0) is 0 Å². The van der Waals surface area contributed by atoms with Crippen LogP contribution in [0.25, 0.3) is 10.1 Å². The Morgan fingerprint density at radius 3 is 2.92 bits per heavy atom. The summed E-state index contributed by atoms with van der Waals surface area (Å²) in [6.45, 7) is 0. The van der Waals surface area contributed by atoms with E-state index in [4.69, 9.17) is 5.73 Å². The first-order valence-electron chi connectivity index (χ1n) is 3.31. The average Bonchev–Trinajstić information content (AvgIpc) is 2.31. The molecule has 2 N–H and O–H groups in total. The van der Waals surface area contributed by atoms with Crippen molar-refractivity contribution in [3.05, 3.63) is 26.9 Å². The first kappa shape index (κ1) is 8.25. The molecule has 0 aliphatic heterocycles. The van der Waals surface area contributed by atoms with Crippen molar-refractivity contribution in [3.63, 3.8) is 0 Å². The van der Waals surface area contributed by atoms with Crippen LogP contribution < -0.4 is 5.73 Å². The van der Waals surface area contributed by atoms with Gasteiger partial charge in [-0.3, -0.25) is 0 Å². The molecule has 62 valence electrons. The van der Waals surface area contributed by atoms with Gasteiger partial charge in [-0.1, -0.05) is 0 Å². The molecule has 0 saturated carbocycles. The number of fused-ring (bicyclic) bond motifs is 1. The molecule has 0 bridgehead atoms. The third-order valence-corrected chi connectivity index (χ3v) is 3.68. The third-order valence-electron chi connectivity index (χ3n) is 1.61. The molecule has 1 aromatic heterocycles. The minimum atomic E-state index is -0.150. The van der Waals surface area contributed by atoms with E-state index in [1.807, 2.05) is 28.7 Å². The van der Waals surface area contributed by atoms with Gasteiger partial charge in [0.2, 0.25) is 0 Å². The summed E-state index contributed by atoms with van der Waals surface area (Å²) in [5.41, 5.74) is 6.14. The summed E-state index contributed by atoms with van der Waals surface area (Å²) in [5.74, 6) is -0.150. The Balaban J connectivity index is 2.88. The van der Waals surface area contributed by atoms with Crippen molar-refractivity contribution in [1.29, 1.82) is 0 Å². The summed E-state index contributed by atoms with van der Waals surface area (Å²) in [7, 11) is 0. The predicted octanol–water partition coefficient (Wildman–Crippen LogP) is 3.23. The highest BCUT2D eigenvalue weighted by atomic mass is 127. The fourth-order valence-electron chi connectivity index (χ4n) is 1.06. The summed E-state index contributed by atoms with van der Waals surface area (Å²) in [4.78, 5) is 0. The van der Waals surface area contributed by atoms with Crippen LogP contribution in [0.1, 0.15) is 0 Å². The lowest BCUT2D eigenvalue weighted by Gasteiger charge is -1.91. The molecule has 0 radical (unpaired) electrons. The molecule has 0 aliphatic carbocycles. The number of anilines is 1. The van der Waals surface area contributed by atoms with Crippen LogP contribution in [0.3, 0.4) is 0 Å². The zero-order valence-corrected chi connectivity index (χ0v) is 8.95. The lowest BCUT2D eigenvalue weighted by Crippen LogP contribution is -1.82. The number of hydrogen-bond acceptors (Lipinski definition) is 2. The molecule has 0 atom stereocenters. The third kappa shape index (κ3) is 1.19. The summed E-state index contributed by atoms with van der Waals surface area (Å²) in [5, 5.41) is 0.629. The Morgan fingerprint density at radius 1 is 1.42 bits per heavy atom. The fourth-order valence-corrected chi connectivity index (χ4v) is 2.84. The van der Waals surface area contributed by atoms with Crippen LogP contribution in [-0.4, -0.2) is 0 Å². The van der Waals surface area contributed by atoms with Crippen LogP contribution in [0.4, 0.5) is 10.1 Å². The van der Waals surface area contributed by atoms with E-state index in [9.17, 15) is 4.39 Å². The van der Waals surface area contributed by atoms with Crippen molar-refractivity contribution in [2.24, 2.45) is 0 Å². The zero-order chi connectivity index (χ0) is 8.72. The highest BCUT2D eigenvalue weighted by Crippen LogP contribution is 2.31. The van der Waals surface area contributed by atoms with Gasteiger partial charge in [0.25, 0.3) is 0 Å². The maximum atomic E-state index is 13.3. The number of nitrogens with two attached hydrogens (primary N) is 1. The van der Waals surface area contributed by atoms with Crippen LogP contribution in [0.5, 0.6) is 0 Å². The SMILES string of the molecule is Nc1ccc2sc(I)c(F)c2c1. The van der Waals surface area contributed by atoms with Gasteiger partial charge < -0.3 is 5.73 Å². The van der Waals surface area contributed by atoms with Crippen LogP contribution in [0, 0.1) is 8.70 Å². The number of halogens is 2. The molecule has 0 aliphatic rings. The normalized spacial score (nSPS) is 10.8. The molecule has 4 heteroatoms. The van der Waals surface area contributed by atoms with E-state index >= 15 is 0 Å². The highest BCUT2D eigenvalue weighted by molar-refractivity contribution is 14.1. The largest absolute Gasteiger partial charge is 0.399 e. The lowest BCUT2D eigenvalue weighted by atomic mass is 10.2. The minimum absolute atomic E-state index is 0.150. The Bertz CT molecular complexity index is 438. The molecule has 0 unspecified atom stereocenters. The number of thiophene rings is 1. The fraction of sp³-hybridized carbons (Fsp3) is 0. The predicted molar refractivity (Wildman–Crippen MR) is 58.9 cm³/mol. The molecule has 1 heterocycles. The molecular weight excluding hydrogens is 288 g/mol. The topological polar surface area (TPSA) is 26.0 Å². The van der Waals surface area contributed by atoms with Crippen molar-refractivity contribution >= 4 is 49.7 Å². The summed E-state index contributed by atoms with van der Waals surface area (Å²) in [6.07, 6.45) is 0. The molecule has 0 spiro atoms. The summed E-state index contributed by atoms with van der Waals surface area (Å²) < 4.78 is 14.9. The molecule has 1 aromatic carbocycles. The molecule has 0 fully saturated rings. The molecule has 0 saturated heterocycles. The van der Waals surface area contributed by atoms with Crippen molar-refractivity contribution in [1.82, 2.24) is 0 Å². The standard InChI is InChI=1S/C8H5FINS/c9-7-5-3-4(11)1-2-6(5)12-8(7)10/h1-3H,11H2. The van der Waals surface area contributed by atoms with Gasteiger partial charge in [0.1, 0.15) is 2.88 Å². The van der Waals surface area contributed by atoms with E-state index in [0.717, 1.165) is 4.70 Å². The molecule has 12 heavy (non-hydrogen) atoms. The van der Waals surface area contributed by atoms with Gasteiger partial charge in [0, 0.05) is 15.8 Å². The van der Waals surface area contributed by atoms with Crippen molar-refractivity contribution < 1.29 is 4.39 Å². The van der Waals surface area contributed by atoms with Gasteiger partial charge in [0.15, 0.2) is 5.82 Å². The second-order valence-electron chi connectivity index (χ2n) is 2.45. The average molecular weight is 293 g/mol. The Labute approximate surface area is 86.5 Å². The van der Waals surface area contributed by atoms with E-state index in [1.54, 1.807) is 12.1 Å². The van der Waals surface area contributed by atoms with Crippen LogP contribution >= 0.6 is 33.9 Å². The van der Waals surface area contributed by atoms with Gasteiger partial charge in [-0.25, -0.2) is 4.39 Å². The monoisotopic (exact) mass is 293 g/mol. The minimum Gasteiger partial charge on any atom is -0.399 e. The van der Waals surface area contributed by atoms with E-state index in [1.165, 1.54) is 11.3 Å². The van der Waals surface area contributed by atoms with E-state index < -0.39 is 0 Å². The molecular formula is C8H5FINS. The Morgan fingerprint density at radius 2 is 2.17 bits per heavy atom. The van der Waals surface area contributed by atoms with E-state index in [2.05, 4.69) is 0 Å². The maximum absolute atomic E-state index is 13.3. The molecule has 0 amide bonds. The summed E-state index contributed by atoms with van der Waals surface area (Å²) in [6, 6.07) is 5.30. The maximum Gasteiger partial charge on any atom is 0.155 e. The Hall–Kier alpha value is -0.360. The first-order chi connectivity index (χ1) is 5.68. The van der Waals surface area contributed by atoms with Crippen molar-refractivity contribution in [2.45, 2.75) is 0 Å². The molecule has 1 nitrogen and oxygen atoms in total. The van der Waals surface area contributed by atoms with Crippen LogP contribution in [0.15, 0.2) is 18.2 Å². The van der Waals surface area contributed by atoms with Crippen molar-refractivity contribution in [3.8, 4) is 0 Å². The molecule has 2 rings (SSSR count). The van der Waals surface area contributed by atoms with Gasteiger partial charge in [-0.15, -0.1) is 11.3 Å². The number of nitrogen functional groups attached to an aromatic ring is 1. The number of rotatable bonds is 0. The first-order valence-corrected chi connectivity index (χ1v) is 5.21. The van der Waals surface area contributed by atoms with Crippen LogP contribution in [0.2, 0.25) is 0 Å². The highest BCUT2D eigenvalue weighted by Gasteiger charge is 2.08. The second kappa shape index (κ2) is 2.85. The lowest BCUT2D eigenvalue weighted by molar-refractivity contribution is 0.638.